The summed E-state index contributed by atoms with van der Waals surface area (Å²) in [6.45, 7) is 5.80. The van der Waals surface area contributed by atoms with Gasteiger partial charge >= 0.3 is 0 Å². The molecule has 1 saturated carbocycles. The van der Waals surface area contributed by atoms with Crippen LogP contribution in [0, 0.1) is 0 Å². The summed E-state index contributed by atoms with van der Waals surface area (Å²) < 4.78 is 0. The molecule has 1 aliphatic heterocycles. The first kappa shape index (κ1) is 15.5. The fourth-order valence-corrected chi connectivity index (χ4v) is 3.51. The van der Waals surface area contributed by atoms with E-state index >= 15 is 0 Å². The van der Waals surface area contributed by atoms with Gasteiger partial charge in [0.05, 0.1) is 6.33 Å². The molecule has 0 spiro atoms. The molecule has 26 heavy (non-hydrogen) atoms. The first-order valence-corrected chi connectivity index (χ1v) is 9.33. The molecule has 1 saturated heterocycles. The van der Waals surface area contributed by atoms with Crippen molar-refractivity contribution in [3.63, 3.8) is 0 Å². The van der Waals surface area contributed by atoms with Crippen LogP contribution in [-0.2, 0) is 6.42 Å². The second kappa shape index (κ2) is 6.19. The van der Waals surface area contributed by atoms with Gasteiger partial charge in [-0.1, -0.05) is 6.92 Å². The minimum atomic E-state index is 0.580. The van der Waals surface area contributed by atoms with Gasteiger partial charge in [0.1, 0.15) is 23.5 Å². The van der Waals surface area contributed by atoms with E-state index in [1.54, 1.807) is 12.7 Å². The number of hydrogen-bond acceptors (Lipinski definition) is 7. The van der Waals surface area contributed by atoms with Crippen LogP contribution in [0.4, 0.5) is 11.6 Å². The minimum Gasteiger partial charge on any atom is -0.353 e. The van der Waals surface area contributed by atoms with Crippen LogP contribution in [-0.4, -0.2) is 56.1 Å². The van der Waals surface area contributed by atoms with Crippen molar-refractivity contribution < 1.29 is 0 Å². The molecule has 1 N–H and O–H groups in total. The van der Waals surface area contributed by atoms with Crippen LogP contribution in [0.25, 0.3) is 11.2 Å². The monoisotopic (exact) mass is 350 g/mol. The Balaban J connectivity index is 1.36. The van der Waals surface area contributed by atoms with Gasteiger partial charge < -0.3 is 14.8 Å². The number of hydrogen-bond donors (Lipinski definition) is 1. The van der Waals surface area contributed by atoms with Gasteiger partial charge in [-0.25, -0.2) is 24.9 Å². The maximum Gasteiger partial charge on any atom is 0.182 e. The van der Waals surface area contributed by atoms with Gasteiger partial charge in [-0.2, -0.15) is 0 Å². The average molecular weight is 350 g/mol. The Bertz CT molecular complexity index is 924. The minimum absolute atomic E-state index is 0.580. The van der Waals surface area contributed by atoms with Gasteiger partial charge in [0, 0.05) is 43.9 Å². The van der Waals surface area contributed by atoms with Crippen molar-refractivity contribution in [1.29, 1.82) is 0 Å². The third-order valence-electron chi connectivity index (χ3n) is 5.19. The normalized spacial score (nSPS) is 17.9. The van der Waals surface area contributed by atoms with Crippen LogP contribution in [0.3, 0.4) is 0 Å². The molecule has 0 amide bonds. The zero-order valence-corrected chi connectivity index (χ0v) is 14.9. The zero-order valence-electron chi connectivity index (χ0n) is 14.9. The molecule has 0 aromatic carbocycles. The lowest BCUT2D eigenvalue weighted by Crippen LogP contribution is -2.47. The Kier molecular flexibility index (Phi) is 3.69. The van der Waals surface area contributed by atoms with Gasteiger partial charge in [-0.3, -0.25) is 0 Å². The lowest BCUT2D eigenvalue weighted by molar-refractivity contribution is 0.639. The van der Waals surface area contributed by atoms with E-state index in [2.05, 4.69) is 42.7 Å². The highest BCUT2D eigenvalue weighted by Gasteiger charge is 2.28. The van der Waals surface area contributed by atoms with Gasteiger partial charge in [-0.05, 0) is 19.3 Å². The van der Waals surface area contributed by atoms with Crippen LogP contribution in [0.1, 0.15) is 37.2 Å². The number of rotatable bonds is 4. The number of H-pyrrole nitrogens is 1. The molecule has 0 atom stereocenters. The molecule has 1 aliphatic carbocycles. The Morgan fingerprint density at radius 3 is 2.62 bits per heavy atom. The molecule has 0 radical (unpaired) electrons. The number of aryl methyl sites for hydroxylation is 1. The zero-order chi connectivity index (χ0) is 17.5. The maximum absolute atomic E-state index is 4.86. The van der Waals surface area contributed by atoms with E-state index in [0.29, 0.717) is 5.92 Å². The molecule has 2 aliphatic rings. The molecule has 0 bridgehead atoms. The van der Waals surface area contributed by atoms with Crippen molar-refractivity contribution >= 4 is 22.8 Å². The van der Waals surface area contributed by atoms with Crippen molar-refractivity contribution in [2.75, 3.05) is 36.0 Å². The second-order valence-corrected chi connectivity index (χ2v) is 6.98. The van der Waals surface area contributed by atoms with Crippen molar-refractivity contribution in [3.05, 3.63) is 30.2 Å². The summed E-state index contributed by atoms with van der Waals surface area (Å²) in [5.74, 6) is 3.63. The number of piperazine rings is 1. The first-order valence-electron chi connectivity index (χ1n) is 9.33. The van der Waals surface area contributed by atoms with E-state index in [4.69, 9.17) is 9.97 Å². The Hall–Kier alpha value is -2.77. The Morgan fingerprint density at radius 1 is 1.04 bits per heavy atom. The fourth-order valence-electron chi connectivity index (χ4n) is 3.51. The van der Waals surface area contributed by atoms with Crippen LogP contribution in [0.5, 0.6) is 0 Å². The number of aromatic amines is 1. The molecular formula is C18H22N8. The first-order chi connectivity index (χ1) is 12.8. The van der Waals surface area contributed by atoms with Gasteiger partial charge in [0.25, 0.3) is 0 Å². The molecular weight excluding hydrogens is 328 g/mol. The summed E-state index contributed by atoms with van der Waals surface area (Å²) in [5, 5.41) is 0. The summed E-state index contributed by atoms with van der Waals surface area (Å²) >= 11 is 0. The van der Waals surface area contributed by atoms with Crippen molar-refractivity contribution in [2.45, 2.75) is 32.1 Å². The van der Waals surface area contributed by atoms with Gasteiger partial charge in [0.2, 0.25) is 0 Å². The summed E-state index contributed by atoms with van der Waals surface area (Å²) in [4.78, 5) is 30.3. The fraction of sp³-hybridized carbons (Fsp3) is 0.500. The number of fused-ring (bicyclic) bond motifs is 1. The number of imidazole rings is 1. The highest BCUT2D eigenvalue weighted by Crippen LogP contribution is 2.38. The van der Waals surface area contributed by atoms with E-state index in [0.717, 1.165) is 66.9 Å². The highest BCUT2D eigenvalue weighted by molar-refractivity contribution is 5.82. The summed E-state index contributed by atoms with van der Waals surface area (Å²) in [7, 11) is 0. The Morgan fingerprint density at radius 2 is 1.85 bits per heavy atom. The molecule has 2 fully saturated rings. The van der Waals surface area contributed by atoms with Crippen LogP contribution in [0.2, 0.25) is 0 Å². The van der Waals surface area contributed by atoms with E-state index in [-0.39, 0.29) is 0 Å². The molecule has 5 rings (SSSR count). The van der Waals surface area contributed by atoms with Crippen LogP contribution in [0.15, 0.2) is 18.7 Å². The van der Waals surface area contributed by atoms with E-state index in [1.807, 2.05) is 0 Å². The number of nitrogens with zero attached hydrogens (tertiary/aromatic N) is 7. The van der Waals surface area contributed by atoms with E-state index in [1.165, 1.54) is 12.8 Å². The lowest BCUT2D eigenvalue weighted by Gasteiger charge is -2.36. The van der Waals surface area contributed by atoms with Gasteiger partial charge in [0.15, 0.2) is 11.5 Å². The standard InChI is InChI=1S/C18H22N8/c1-2-13-9-14(24-16(23-13)12-3-4-12)25-5-7-26(8-6-25)18-15-17(20-10-19-15)21-11-22-18/h9-12H,2-8H2,1H3,(H,19,20,21,22). The second-order valence-electron chi connectivity index (χ2n) is 6.98. The van der Waals surface area contributed by atoms with Gasteiger partial charge in [-0.15, -0.1) is 0 Å². The number of nitrogens with one attached hydrogen (secondary N) is 1. The summed E-state index contributed by atoms with van der Waals surface area (Å²) in [6.07, 6.45) is 6.67. The predicted octanol–water partition coefficient (Wildman–Crippen LogP) is 1.91. The third kappa shape index (κ3) is 2.75. The number of aromatic nitrogens is 6. The molecule has 0 unspecified atom stereocenters. The molecule has 8 nitrogen and oxygen atoms in total. The highest BCUT2D eigenvalue weighted by atomic mass is 15.3. The van der Waals surface area contributed by atoms with Crippen molar-refractivity contribution in [1.82, 2.24) is 29.9 Å². The molecule has 134 valence electrons. The molecule has 8 heteroatoms. The van der Waals surface area contributed by atoms with E-state index < -0.39 is 0 Å². The maximum atomic E-state index is 4.86. The largest absolute Gasteiger partial charge is 0.353 e. The molecule has 3 aromatic heterocycles. The summed E-state index contributed by atoms with van der Waals surface area (Å²) in [5.41, 5.74) is 2.77. The van der Waals surface area contributed by atoms with Crippen LogP contribution >= 0.6 is 0 Å². The lowest BCUT2D eigenvalue weighted by atomic mass is 10.2. The SMILES string of the molecule is CCc1cc(N2CCN(c3ncnc4nc[nH]c34)CC2)nc(C2CC2)n1. The smallest absolute Gasteiger partial charge is 0.182 e. The predicted molar refractivity (Wildman–Crippen MR) is 99.5 cm³/mol. The average Bonchev–Trinajstić information content (AvgIpc) is 3.44. The van der Waals surface area contributed by atoms with Crippen molar-refractivity contribution in [2.24, 2.45) is 0 Å². The number of anilines is 2. The molecule has 3 aromatic rings. The van der Waals surface area contributed by atoms with Crippen molar-refractivity contribution in [3.8, 4) is 0 Å². The molecule has 4 heterocycles. The van der Waals surface area contributed by atoms with Crippen LogP contribution < -0.4 is 9.80 Å². The van der Waals surface area contributed by atoms with E-state index in [9.17, 15) is 0 Å². The topological polar surface area (TPSA) is 86.7 Å². The quantitative estimate of drug-likeness (QED) is 0.769. The Labute approximate surface area is 151 Å². The third-order valence-corrected chi connectivity index (χ3v) is 5.19. The summed E-state index contributed by atoms with van der Waals surface area (Å²) in [6, 6.07) is 2.15.